The first-order valence-electron chi connectivity index (χ1n) is 4.82. The highest BCUT2D eigenvalue weighted by Crippen LogP contribution is 2.18. The van der Waals surface area contributed by atoms with E-state index in [0.29, 0.717) is 11.5 Å². The highest BCUT2D eigenvalue weighted by atomic mass is 19.4. The molecule has 1 N–H and O–H groups in total. The molecule has 0 unspecified atom stereocenters. The average Bonchev–Trinajstić information content (AvgIpc) is 2.46. The third-order valence-corrected chi connectivity index (χ3v) is 1.94. The fourth-order valence-electron chi connectivity index (χ4n) is 1.40. The number of aryl methyl sites for hydroxylation is 1. The summed E-state index contributed by atoms with van der Waals surface area (Å²) in [5.74, 6) is -0.423. The lowest BCUT2D eigenvalue weighted by molar-refractivity contribution is -0.155. The molecule has 1 rings (SSSR count). The normalized spacial score (nSPS) is 12.1. The van der Waals surface area contributed by atoms with Crippen molar-refractivity contribution < 1.29 is 27.5 Å². The largest absolute Gasteiger partial charge is 0.480 e. The van der Waals surface area contributed by atoms with E-state index in [9.17, 15) is 18.0 Å². The highest BCUT2D eigenvalue weighted by molar-refractivity contribution is 5.69. The number of furan rings is 1. The number of carbonyl (C=O) groups is 1. The van der Waals surface area contributed by atoms with Crippen LogP contribution in [0.4, 0.5) is 13.2 Å². The minimum Gasteiger partial charge on any atom is -0.480 e. The first kappa shape index (κ1) is 13.6. The lowest BCUT2D eigenvalue weighted by atomic mass is 10.3. The molecule has 0 fully saturated rings. The summed E-state index contributed by atoms with van der Waals surface area (Å²) in [6.45, 7) is -0.479. The summed E-state index contributed by atoms with van der Waals surface area (Å²) in [4.78, 5) is 11.2. The van der Waals surface area contributed by atoms with Crippen molar-refractivity contribution in [2.75, 3.05) is 13.1 Å². The summed E-state index contributed by atoms with van der Waals surface area (Å²) in [6.07, 6.45) is -4.43. The van der Waals surface area contributed by atoms with Gasteiger partial charge < -0.3 is 9.52 Å². The lowest BCUT2D eigenvalue weighted by Gasteiger charge is -2.20. The maximum atomic E-state index is 12.2. The fourth-order valence-corrected chi connectivity index (χ4v) is 1.40. The van der Waals surface area contributed by atoms with Crippen molar-refractivity contribution in [3.05, 3.63) is 23.7 Å². The number of alkyl halides is 3. The fraction of sp³-hybridized carbons (Fsp3) is 0.500. The van der Waals surface area contributed by atoms with Crippen LogP contribution in [0.2, 0.25) is 0 Å². The van der Waals surface area contributed by atoms with Gasteiger partial charge in [-0.15, -0.1) is 0 Å². The molecule has 0 amide bonds. The van der Waals surface area contributed by atoms with E-state index < -0.39 is 25.2 Å². The van der Waals surface area contributed by atoms with Gasteiger partial charge in [0.1, 0.15) is 11.5 Å². The van der Waals surface area contributed by atoms with Gasteiger partial charge in [0.2, 0.25) is 0 Å². The van der Waals surface area contributed by atoms with E-state index in [4.69, 9.17) is 9.52 Å². The second-order valence-corrected chi connectivity index (χ2v) is 3.67. The Morgan fingerprint density at radius 1 is 1.47 bits per heavy atom. The third kappa shape index (κ3) is 5.39. The van der Waals surface area contributed by atoms with Crippen molar-refractivity contribution in [2.45, 2.75) is 19.6 Å². The van der Waals surface area contributed by atoms with Crippen molar-refractivity contribution >= 4 is 5.97 Å². The Morgan fingerprint density at radius 3 is 2.53 bits per heavy atom. The van der Waals surface area contributed by atoms with Gasteiger partial charge in [-0.05, 0) is 19.1 Å². The molecule has 96 valence electrons. The number of hydrogen-bond acceptors (Lipinski definition) is 3. The van der Waals surface area contributed by atoms with Crippen molar-refractivity contribution in [3.8, 4) is 0 Å². The van der Waals surface area contributed by atoms with Gasteiger partial charge in [0.15, 0.2) is 0 Å². The number of nitrogens with zero attached hydrogens (tertiary/aromatic N) is 1. The van der Waals surface area contributed by atoms with Crippen LogP contribution < -0.4 is 0 Å². The smallest absolute Gasteiger partial charge is 0.401 e. The highest BCUT2D eigenvalue weighted by Gasteiger charge is 2.31. The van der Waals surface area contributed by atoms with Crippen LogP contribution in [0.15, 0.2) is 16.5 Å². The predicted molar refractivity (Wildman–Crippen MR) is 52.4 cm³/mol. The maximum Gasteiger partial charge on any atom is 0.401 e. The SMILES string of the molecule is Cc1ccc(CN(CC(=O)O)CC(F)(F)F)o1. The molecule has 7 heteroatoms. The van der Waals surface area contributed by atoms with Crippen LogP contribution >= 0.6 is 0 Å². The topological polar surface area (TPSA) is 53.7 Å². The summed E-state index contributed by atoms with van der Waals surface area (Å²) in [5.41, 5.74) is 0. The van der Waals surface area contributed by atoms with E-state index in [0.717, 1.165) is 4.90 Å². The number of rotatable bonds is 5. The Balaban J connectivity index is 2.66. The molecule has 0 radical (unpaired) electrons. The summed E-state index contributed by atoms with van der Waals surface area (Å²) in [6, 6.07) is 3.14. The van der Waals surface area contributed by atoms with Gasteiger partial charge in [0, 0.05) is 0 Å². The molecule has 0 bridgehead atoms. The van der Waals surface area contributed by atoms with Crippen LogP contribution in [0.3, 0.4) is 0 Å². The maximum absolute atomic E-state index is 12.2. The van der Waals surface area contributed by atoms with Crippen molar-refractivity contribution in [2.24, 2.45) is 0 Å². The van der Waals surface area contributed by atoms with Gasteiger partial charge >= 0.3 is 12.1 Å². The van der Waals surface area contributed by atoms with Gasteiger partial charge in [0.05, 0.1) is 19.6 Å². The molecule has 0 atom stereocenters. The van der Waals surface area contributed by atoms with Crippen LogP contribution in [-0.4, -0.2) is 35.2 Å². The quantitative estimate of drug-likeness (QED) is 0.870. The van der Waals surface area contributed by atoms with Crippen LogP contribution in [0.25, 0.3) is 0 Å². The second-order valence-electron chi connectivity index (χ2n) is 3.67. The molecule has 1 aromatic heterocycles. The van der Waals surface area contributed by atoms with Gasteiger partial charge in [-0.25, -0.2) is 0 Å². The molecule has 1 heterocycles. The Labute approximate surface area is 95.6 Å². The van der Waals surface area contributed by atoms with E-state index in [2.05, 4.69) is 0 Å². The van der Waals surface area contributed by atoms with Gasteiger partial charge in [-0.3, -0.25) is 9.69 Å². The Bertz CT molecular complexity index is 386. The van der Waals surface area contributed by atoms with E-state index in [1.165, 1.54) is 6.07 Å². The van der Waals surface area contributed by atoms with E-state index >= 15 is 0 Å². The number of carboxylic acid groups (broad SMARTS) is 1. The van der Waals surface area contributed by atoms with Gasteiger partial charge in [-0.2, -0.15) is 13.2 Å². The molecule has 17 heavy (non-hydrogen) atoms. The molecule has 0 aromatic carbocycles. The van der Waals surface area contributed by atoms with E-state index in [1.54, 1.807) is 13.0 Å². The summed E-state index contributed by atoms with van der Waals surface area (Å²) < 4.78 is 41.7. The number of carboxylic acids is 1. The first-order chi connectivity index (χ1) is 7.76. The number of hydrogen-bond donors (Lipinski definition) is 1. The average molecular weight is 251 g/mol. The Morgan fingerprint density at radius 2 is 2.12 bits per heavy atom. The van der Waals surface area contributed by atoms with E-state index in [1.807, 2.05) is 0 Å². The molecule has 0 saturated carbocycles. The minimum absolute atomic E-state index is 0.181. The molecule has 1 aromatic rings. The van der Waals surface area contributed by atoms with Crippen molar-refractivity contribution in [1.82, 2.24) is 4.90 Å². The van der Waals surface area contributed by atoms with Crippen LogP contribution in [0.5, 0.6) is 0 Å². The summed E-state index contributed by atoms with van der Waals surface area (Å²) >= 11 is 0. The number of aliphatic carboxylic acids is 1. The molecule has 0 aliphatic carbocycles. The van der Waals surface area contributed by atoms with Gasteiger partial charge in [-0.1, -0.05) is 0 Å². The van der Waals surface area contributed by atoms with Crippen molar-refractivity contribution in [1.29, 1.82) is 0 Å². The Kier molecular flexibility index (Phi) is 4.17. The molecule has 0 aliphatic heterocycles. The second kappa shape index (κ2) is 5.22. The molecular formula is C10H12F3NO3. The van der Waals surface area contributed by atoms with Crippen LogP contribution in [0, 0.1) is 6.92 Å². The molecule has 0 saturated heterocycles. The molecule has 0 aliphatic rings. The predicted octanol–water partition coefficient (Wildman–Crippen LogP) is 2.04. The lowest BCUT2D eigenvalue weighted by Crippen LogP contribution is -2.37. The molecular weight excluding hydrogens is 239 g/mol. The standard InChI is InChI=1S/C10H12F3NO3/c1-7-2-3-8(17-7)4-14(5-9(15)16)6-10(11,12)13/h2-3H,4-6H2,1H3,(H,15,16). The third-order valence-electron chi connectivity index (χ3n) is 1.94. The zero-order valence-corrected chi connectivity index (χ0v) is 9.12. The van der Waals surface area contributed by atoms with Gasteiger partial charge in [0.25, 0.3) is 0 Å². The Hall–Kier alpha value is -1.50. The monoisotopic (exact) mass is 251 g/mol. The zero-order chi connectivity index (χ0) is 13.1. The van der Waals surface area contributed by atoms with E-state index in [-0.39, 0.29) is 6.54 Å². The van der Waals surface area contributed by atoms with Crippen molar-refractivity contribution in [3.63, 3.8) is 0 Å². The summed E-state index contributed by atoms with van der Waals surface area (Å²) in [5, 5.41) is 8.52. The molecule has 0 spiro atoms. The number of halogens is 3. The first-order valence-corrected chi connectivity index (χ1v) is 4.82. The zero-order valence-electron chi connectivity index (χ0n) is 9.12. The molecule has 4 nitrogen and oxygen atoms in total. The van der Waals surface area contributed by atoms with Crippen LogP contribution in [-0.2, 0) is 11.3 Å². The minimum atomic E-state index is -4.43. The van der Waals surface area contributed by atoms with Crippen LogP contribution in [0.1, 0.15) is 11.5 Å². The summed E-state index contributed by atoms with van der Waals surface area (Å²) in [7, 11) is 0.